The van der Waals surface area contributed by atoms with Crippen molar-refractivity contribution < 1.29 is 23.8 Å². The molecule has 0 bridgehead atoms. The molecule has 0 saturated heterocycles. The minimum absolute atomic E-state index is 0.0489. The van der Waals surface area contributed by atoms with Gasteiger partial charge in [0.05, 0.1) is 18.1 Å². The second-order valence-corrected chi connectivity index (χ2v) is 6.76. The number of rotatable bonds is 4. The summed E-state index contributed by atoms with van der Waals surface area (Å²) in [6.07, 6.45) is 1.28. The van der Waals surface area contributed by atoms with Crippen molar-refractivity contribution in [1.29, 1.82) is 0 Å². The molecule has 0 aromatic heterocycles. The second-order valence-electron chi connectivity index (χ2n) is 6.38. The molecule has 0 amide bonds. The Morgan fingerprint density at radius 1 is 1.32 bits per heavy atom. The quantitative estimate of drug-likeness (QED) is 0.870. The molecule has 2 aromatic rings. The Kier molecular flexibility index (Phi) is 4.04. The van der Waals surface area contributed by atoms with Crippen molar-refractivity contribution >= 4 is 17.6 Å². The Bertz CT molecular complexity index is 852. The molecule has 130 valence electrons. The summed E-state index contributed by atoms with van der Waals surface area (Å²) in [5.41, 5.74) is 2.62. The summed E-state index contributed by atoms with van der Waals surface area (Å²) >= 11 is 6.04. The van der Waals surface area contributed by atoms with Gasteiger partial charge in [-0.05, 0) is 36.1 Å². The third-order valence-electron chi connectivity index (χ3n) is 4.80. The van der Waals surface area contributed by atoms with Crippen LogP contribution in [0.3, 0.4) is 0 Å². The topological polar surface area (TPSA) is 55.8 Å². The first-order valence-electron chi connectivity index (χ1n) is 8.15. The molecule has 4 nitrogen and oxygen atoms in total. The fourth-order valence-corrected chi connectivity index (χ4v) is 3.86. The standard InChI is InChI=1S/C19H16ClFO4/c20-19-14-4-6-16(13(14)3-5-15(19)21)25-11-1-2-12-10(7-18(22)23)9-24-17(12)8-11/h1-3,5,8,10,16H,4,6-7,9H2,(H,22,23). The monoisotopic (exact) mass is 362 g/mol. The van der Waals surface area contributed by atoms with Crippen molar-refractivity contribution in [1.82, 2.24) is 0 Å². The fraction of sp³-hybridized carbons (Fsp3) is 0.316. The lowest BCUT2D eigenvalue weighted by atomic mass is 9.98. The molecule has 1 heterocycles. The molecule has 0 spiro atoms. The van der Waals surface area contributed by atoms with E-state index in [1.54, 1.807) is 12.1 Å². The number of ether oxygens (including phenoxy) is 2. The van der Waals surface area contributed by atoms with Crippen molar-refractivity contribution in [3.05, 3.63) is 57.9 Å². The summed E-state index contributed by atoms with van der Waals surface area (Å²) in [5.74, 6) is -0.0624. The van der Waals surface area contributed by atoms with E-state index in [-0.39, 0.29) is 23.5 Å². The van der Waals surface area contributed by atoms with Crippen molar-refractivity contribution in [2.45, 2.75) is 31.3 Å². The van der Waals surface area contributed by atoms with E-state index in [9.17, 15) is 9.18 Å². The van der Waals surface area contributed by atoms with Crippen molar-refractivity contribution in [3.63, 3.8) is 0 Å². The number of hydrogen-bond acceptors (Lipinski definition) is 3. The second kappa shape index (κ2) is 6.23. The van der Waals surface area contributed by atoms with Crippen LogP contribution in [0.1, 0.15) is 41.6 Å². The fourth-order valence-electron chi connectivity index (χ4n) is 3.59. The number of carboxylic acid groups (broad SMARTS) is 1. The maximum atomic E-state index is 13.6. The van der Waals surface area contributed by atoms with Gasteiger partial charge in [0.25, 0.3) is 0 Å². The Morgan fingerprint density at radius 3 is 2.92 bits per heavy atom. The van der Waals surface area contributed by atoms with E-state index in [0.717, 1.165) is 23.1 Å². The van der Waals surface area contributed by atoms with Gasteiger partial charge in [0.1, 0.15) is 23.4 Å². The number of halogens is 2. The molecule has 25 heavy (non-hydrogen) atoms. The van der Waals surface area contributed by atoms with Gasteiger partial charge in [-0.2, -0.15) is 0 Å². The van der Waals surface area contributed by atoms with Crippen LogP contribution in [0.5, 0.6) is 11.5 Å². The number of aliphatic carboxylic acids is 1. The summed E-state index contributed by atoms with van der Waals surface area (Å²) in [4.78, 5) is 10.9. The minimum Gasteiger partial charge on any atom is -0.492 e. The van der Waals surface area contributed by atoms with Gasteiger partial charge in [-0.25, -0.2) is 4.39 Å². The molecule has 6 heteroatoms. The van der Waals surface area contributed by atoms with E-state index in [1.165, 1.54) is 6.07 Å². The van der Waals surface area contributed by atoms with E-state index in [2.05, 4.69) is 0 Å². The number of fused-ring (bicyclic) bond motifs is 2. The van der Waals surface area contributed by atoms with Crippen molar-refractivity contribution in [2.75, 3.05) is 6.61 Å². The van der Waals surface area contributed by atoms with Crippen LogP contribution < -0.4 is 9.47 Å². The number of carbonyl (C=O) groups is 1. The lowest BCUT2D eigenvalue weighted by molar-refractivity contribution is -0.137. The summed E-state index contributed by atoms with van der Waals surface area (Å²) in [6, 6.07) is 8.57. The summed E-state index contributed by atoms with van der Waals surface area (Å²) in [6.45, 7) is 0.367. The molecular weight excluding hydrogens is 347 g/mol. The van der Waals surface area contributed by atoms with Gasteiger partial charge in [0, 0.05) is 17.5 Å². The average Bonchev–Trinajstić information content (AvgIpc) is 3.15. The molecule has 2 atom stereocenters. The van der Waals surface area contributed by atoms with Crippen molar-refractivity contribution in [2.24, 2.45) is 0 Å². The summed E-state index contributed by atoms with van der Waals surface area (Å²) in [5, 5.41) is 9.14. The highest BCUT2D eigenvalue weighted by molar-refractivity contribution is 6.31. The molecule has 2 aliphatic rings. The van der Waals surface area contributed by atoms with E-state index in [1.807, 2.05) is 12.1 Å². The Morgan fingerprint density at radius 2 is 2.12 bits per heavy atom. The van der Waals surface area contributed by atoms with Crippen LogP contribution in [0.4, 0.5) is 4.39 Å². The van der Waals surface area contributed by atoms with Gasteiger partial charge in [-0.3, -0.25) is 4.79 Å². The van der Waals surface area contributed by atoms with E-state index >= 15 is 0 Å². The third-order valence-corrected chi connectivity index (χ3v) is 5.21. The van der Waals surface area contributed by atoms with Crippen LogP contribution in [-0.2, 0) is 11.2 Å². The van der Waals surface area contributed by atoms with Gasteiger partial charge >= 0.3 is 5.97 Å². The lowest BCUT2D eigenvalue weighted by Gasteiger charge is -2.16. The third kappa shape index (κ3) is 2.93. The van der Waals surface area contributed by atoms with Crippen LogP contribution in [0.15, 0.2) is 30.3 Å². The van der Waals surface area contributed by atoms with Gasteiger partial charge < -0.3 is 14.6 Å². The molecule has 0 fully saturated rings. The molecule has 0 saturated carbocycles. The predicted octanol–water partition coefficient (Wildman–Crippen LogP) is 4.50. The van der Waals surface area contributed by atoms with Crippen LogP contribution in [-0.4, -0.2) is 17.7 Å². The smallest absolute Gasteiger partial charge is 0.304 e. The zero-order valence-electron chi connectivity index (χ0n) is 13.3. The zero-order valence-corrected chi connectivity index (χ0v) is 14.1. The van der Waals surface area contributed by atoms with Gasteiger partial charge in [0.2, 0.25) is 0 Å². The first-order chi connectivity index (χ1) is 12.0. The number of carboxylic acids is 1. The zero-order chi connectivity index (χ0) is 17.6. The van der Waals surface area contributed by atoms with Crippen LogP contribution >= 0.6 is 11.6 Å². The highest BCUT2D eigenvalue weighted by Gasteiger charge is 2.29. The maximum Gasteiger partial charge on any atom is 0.304 e. The van der Waals surface area contributed by atoms with Crippen LogP contribution in [0.2, 0.25) is 5.02 Å². The number of hydrogen-bond donors (Lipinski definition) is 1. The van der Waals surface area contributed by atoms with Gasteiger partial charge in [-0.1, -0.05) is 23.7 Å². The van der Waals surface area contributed by atoms with Crippen LogP contribution in [0.25, 0.3) is 0 Å². The molecule has 0 radical (unpaired) electrons. The van der Waals surface area contributed by atoms with E-state index in [0.29, 0.717) is 24.5 Å². The predicted molar refractivity (Wildman–Crippen MR) is 90.0 cm³/mol. The molecule has 1 N–H and O–H groups in total. The van der Waals surface area contributed by atoms with Crippen molar-refractivity contribution in [3.8, 4) is 11.5 Å². The average molecular weight is 363 g/mol. The van der Waals surface area contributed by atoms with Gasteiger partial charge in [0.15, 0.2) is 0 Å². The number of benzene rings is 2. The Labute approximate surface area is 149 Å². The molecule has 4 rings (SSSR count). The molecular formula is C19H16ClFO4. The molecule has 1 aliphatic heterocycles. The molecule has 2 unspecified atom stereocenters. The van der Waals surface area contributed by atoms with E-state index in [4.69, 9.17) is 26.2 Å². The highest BCUT2D eigenvalue weighted by Crippen LogP contribution is 2.42. The molecule has 2 aromatic carbocycles. The molecule has 1 aliphatic carbocycles. The minimum atomic E-state index is -0.839. The lowest BCUT2D eigenvalue weighted by Crippen LogP contribution is -2.07. The first kappa shape index (κ1) is 16.2. The largest absolute Gasteiger partial charge is 0.492 e. The Hall–Kier alpha value is -2.27. The Balaban J connectivity index is 1.54. The normalized spacial score (nSPS) is 20.7. The van der Waals surface area contributed by atoms with Gasteiger partial charge in [-0.15, -0.1) is 0 Å². The summed E-state index contributed by atoms with van der Waals surface area (Å²) in [7, 11) is 0. The van der Waals surface area contributed by atoms with Crippen LogP contribution in [0, 0.1) is 5.82 Å². The maximum absolute atomic E-state index is 13.6. The highest BCUT2D eigenvalue weighted by atomic mass is 35.5. The van der Waals surface area contributed by atoms with E-state index < -0.39 is 11.8 Å². The first-order valence-corrected chi connectivity index (χ1v) is 8.52. The summed E-state index contributed by atoms with van der Waals surface area (Å²) < 4.78 is 25.2. The SMILES string of the molecule is O=C(O)CC1COc2cc(OC3CCc4c3ccc(F)c4Cl)ccc21.